The molecule has 136 valence electrons. The third-order valence-corrected chi connectivity index (χ3v) is 5.15. The molecule has 1 fully saturated rings. The summed E-state index contributed by atoms with van der Waals surface area (Å²) in [5, 5.41) is 4.76. The van der Waals surface area contributed by atoms with Gasteiger partial charge >= 0.3 is 0 Å². The van der Waals surface area contributed by atoms with Crippen molar-refractivity contribution < 1.29 is 4.39 Å². The van der Waals surface area contributed by atoms with Crippen molar-refractivity contribution in [2.45, 2.75) is 32.4 Å². The van der Waals surface area contributed by atoms with E-state index in [0.717, 1.165) is 44.8 Å². The molecule has 2 aromatic rings. The Morgan fingerprint density at radius 2 is 1.76 bits per heavy atom. The predicted octanol–water partition coefficient (Wildman–Crippen LogP) is 3.66. The Kier molecular flexibility index (Phi) is 6.84. The lowest BCUT2D eigenvalue weighted by Crippen LogP contribution is -2.46. The number of nitrogens with zero attached hydrogens (tertiary/aromatic N) is 4. The van der Waals surface area contributed by atoms with E-state index >= 15 is 0 Å². The van der Waals surface area contributed by atoms with Gasteiger partial charge in [-0.05, 0) is 43.1 Å². The molecule has 4 nitrogen and oxygen atoms in total. The topological polar surface area (TPSA) is 24.3 Å². The fourth-order valence-corrected chi connectivity index (χ4v) is 3.51. The highest BCUT2D eigenvalue weighted by molar-refractivity contribution is 6.31. The molecule has 0 atom stereocenters. The van der Waals surface area contributed by atoms with Crippen LogP contribution in [0.3, 0.4) is 0 Å². The van der Waals surface area contributed by atoms with Gasteiger partial charge in [0, 0.05) is 56.7 Å². The van der Waals surface area contributed by atoms with Crippen LogP contribution in [0.25, 0.3) is 0 Å². The molecule has 0 saturated carbocycles. The zero-order valence-electron chi connectivity index (χ0n) is 14.6. The first-order chi connectivity index (χ1) is 12.2. The minimum absolute atomic E-state index is 0.272. The Morgan fingerprint density at radius 3 is 2.48 bits per heavy atom. The van der Waals surface area contributed by atoms with Gasteiger partial charge in [-0.25, -0.2) is 4.39 Å². The monoisotopic (exact) mass is 364 g/mol. The van der Waals surface area contributed by atoms with Gasteiger partial charge in [0.05, 0.1) is 0 Å². The molecule has 2 heterocycles. The van der Waals surface area contributed by atoms with E-state index in [4.69, 9.17) is 11.6 Å². The Balaban J connectivity index is 1.30. The molecule has 0 unspecified atom stereocenters. The number of unbranched alkanes of at least 4 members (excludes halogenated alkanes) is 2. The van der Waals surface area contributed by atoms with E-state index in [1.807, 2.05) is 23.1 Å². The molecule has 25 heavy (non-hydrogen) atoms. The van der Waals surface area contributed by atoms with Crippen molar-refractivity contribution >= 4 is 11.6 Å². The number of hydrogen-bond donors (Lipinski definition) is 0. The van der Waals surface area contributed by atoms with Crippen molar-refractivity contribution in [2.24, 2.45) is 0 Å². The van der Waals surface area contributed by atoms with Gasteiger partial charge in [0.2, 0.25) is 0 Å². The standard InChI is InChI=1S/C19H26ClFN4/c20-19-15-18(21)6-5-17(19)16-24-13-11-23(12-14-24)8-2-1-3-9-25-10-4-7-22-25/h4-7,10,15H,1-3,8-9,11-14,16H2. The van der Waals surface area contributed by atoms with Crippen LogP contribution in [-0.2, 0) is 13.1 Å². The maximum atomic E-state index is 13.1. The molecule has 1 aliphatic heterocycles. The molecular weight excluding hydrogens is 339 g/mol. The van der Waals surface area contributed by atoms with Gasteiger partial charge in [-0.15, -0.1) is 0 Å². The van der Waals surface area contributed by atoms with Crippen molar-refractivity contribution in [3.05, 3.63) is 53.1 Å². The van der Waals surface area contributed by atoms with Gasteiger partial charge in [0.25, 0.3) is 0 Å². The Bertz CT molecular complexity index is 639. The number of aryl methyl sites for hydroxylation is 1. The zero-order chi connectivity index (χ0) is 17.5. The van der Waals surface area contributed by atoms with Crippen LogP contribution < -0.4 is 0 Å². The first-order valence-electron chi connectivity index (χ1n) is 9.07. The van der Waals surface area contributed by atoms with Crippen molar-refractivity contribution in [3.8, 4) is 0 Å². The van der Waals surface area contributed by atoms with E-state index in [-0.39, 0.29) is 5.82 Å². The van der Waals surface area contributed by atoms with Crippen LogP contribution in [0.5, 0.6) is 0 Å². The van der Waals surface area contributed by atoms with E-state index in [1.165, 1.54) is 37.9 Å². The number of hydrogen-bond acceptors (Lipinski definition) is 3. The molecular formula is C19H26ClFN4. The minimum Gasteiger partial charge on any atom is -0.301 e. The molecule has 0 amide bonds. The van der Waals surface area contributed by atoms with Crippen molar-refractivity contribution in [1.82, 2.24) is 19.6 Å². The molecule has 0 aliphatic carbocycles. The highest BCUT2D eigenvalue weighted by Crippen LogP contribution is 2.19. The summed E-state index contributed by atoms with van der Waals surface area (Å²) in [6.07, 6.45) is 7.52. The maximum absolute atomic E-state index is 13.1. The Morgan fingerprint density at radius 1 is 1.00 bits per heavy atom. The minimum atomic E-state index is -0.272. The van der Waals surface area contributed by atoms with Crippen molar-refractivity contribution in [2.75, 3.05) is 32.7 Å². The zero-order valence-corrected chi connectivity index (χ0v) is 15.3. The second kappa shape index (κ2) is 9.32. The summed E-state index contributed by atoms with van der Waals surface area (Å²) in [4.78, 5) is 4.93. The van der Waals surface area contributed by atoms with E-state index in [0.29, 0.717) is 5.02 Å². The third kappa shape index (κ3) is 5.80. The molecule has 3 rings (SSSR count). The van der Waals surface area contributed by atoms with Crippen LogP contribution in [-0.4, -0.2) is 52.3 Å². The first kappa shape index (κ1) is 18.4. The van der Waals surface area contributed by atoms with Crippen LogP contribution in [0, 0.1) is 5.82 Å². The SMILES string of the molecule is Fc1ccc(CN2CCN(CCCCCn3cccn3)CC2)c(Cl)c1. The second-order valence-corrected chi connectivity index (χ2v) is 7.09. The lowest BCUT2D eigenvalue weighted by atomic mass is 10.1. The summed E-state index contributed by atoms with van der Waals surface area (Å²) in [6.45, 7) is 7.26. The van der Waals surface area contributed by atoms with E-state index in [9.17, 15) is 4.39 Å². The second-order valence-electron chi connectivity index (χ2n) is 6.68. The molecule has 1 aromatic carbocycles. The molecule has 1 saturated heterocycles. The first-order valence-corrected chi connectivity index (χ1v) is 9.44. The van der Waals surface area contributed by atoms with Gasteiger partial charge in [-0.2, -0.15) is 5.10 Å². The summed E-state index contributed by atoms with van der Waals surface area (Å²) in [5.41, 5.74) is 1.01. The van der Waals surface area contributed by atoms with Gasteiger partial charge in [-0.1, -0.05) is 24.1 Å². The lowest BCUT2D eigenvalue weighted by molar-refractivity contribution is 0.125. The Hall–Kier alpha value is -1.43. The summed E-state index contributed by atoms with van der Waals surface area (Å²) in [7, 11) is 0. The average Bonchev–Trinajstić information content (AvgIpc) is 3.12. The molecule has 0 radical (unpaired) electrons. The van der Waals surface area contributed by atoms with Gasteiger partial charge < -0.3 is 4.90 Å². The van der Waals surface area contributed by atoms with Gasteiger partial charge in [0.15, 0.2) is 0 Å². The highest BCUT2D eigenvalue weighted by atomic mass is 35.5. The quantitative estimate of drug-likeness (QED) is 0.668. The normalized spacial score (nSPS) is 16.4. The van der Waals surface area contributed by atoms with E-state index in [2.05, 4.69) is 14.9 Å². The van der Waals surface area contributed by atoms with Crippen molar-refractivity contribution in [1.29, 1.82) is 0 Å². The number of aromatic nitrogens is 2. The van der Waals surface area contributed by atoms with E-state index < -0.39 is 0 Å². The molecule has 1 aliphatic rings. The molecule has 0 N–H and O–H groups in total. The van der Waals surface area contributed by atoms with Gasteiger partial charge in [-0.3, -0.25) is 9.58 Å². The van der Waals surface area contributed by atoms with Crippen LogP contribution in [0.15, 0.2) is 36.7 Å². The van der Waals surface area contributed by atoms with Crippen LogP contribution in [0.4, 0.5) is 4.39 Å². The highest BCUT2D eigenvalue weighted by Gasteiger charge is 2.17. The molecule has 6 heteroatoms. The average molecular weight is 365 g/mol. The summed E-state index contributed by atoms with van der Waals surface area (Å²) in [5.74, 6) is -0.272. The lowest BCUT2D eigenvalue weighted by Gasteiger charge is -2.34. The van der Waals surface area contributed by atoms with Gasteiger partial charge in [0.1, 0.15) is 5.82 Å². The maximum Gasteiger partial charge on any atom is 0.124 e. The Labute approximate surface area is 154 Å². The molecule has 1 aromatic heterocycles. The fourth-order valence-electron chi connectivity index (χ4n) is 3.28. The molecule has 0 bridgehead atoms. The van der Waals surface area contributed by atoms with Crippen LogP contribution >= 0.6 is 11.6 Å². The van der Waals surface area contributed by atoms with E-state index in [1.54, 1.807) is 6.07 Å². The van der Waals surface area contributed by atoms with Crippen LogP contribution in [0.2, 0.25) is 5.02 Å². The summed E-state index contributed by atoms with van der Waals surface area (Å²) < 4.78 is 15.1. The van der Waals surface area contributed by atoms with Crippen molar-refractivity contribution in [3.63, 3.8) is 0 Å². The predicted molar refractivity (Wildman–Crippen MR) is 99.2 cm³/mol. The summed E-state index contributed by atoms with van der Waals surface area (Å²) in [6, 6.07) is 6.65. The van der Waals surface area contributed by atoms with Crippen LogP contribution in [0.1, 0.15) is 24.8 Å². The summed E-state index contributed by atoms with van der Waals surface area (Å²) >= 11 is 6.13. The number of rotatable bonds is 8. The number of benzene rings is 1. The smallest absolute Gasteiger partial charge is 0.124 e. The largest absolute Gasteiger partial charge is 0.301 e. The molecule has 0 spiro atoms. The third-order valence-electron chi connectivity index (χ3n) is 4.79. The number of piperazine rings is 1. The fraction of sp³-hybridized carbons (Fsp3) is 0.526. The number of halogens is 2.